The van der Waals surface area contributed by atoms with Crippen molar-refractivity contribution in [2.24, 2.45) is 0 Å². The number of hydrogen-bond acceptors (Lipinski definition) is 1. The van der Waals surface area contributed by atoms with Gasteiger partial charge in [0.25, 0.3) is 0 Å². The van der Waals surface area contributed by atoms with E-state index in [0.29, 0.717) is 11.3 Å². The van der Waals surface area contributed by atoms with Gasteiger partial charge in [-0.05, 0) is 49.2 Å². The van der Waals surface area contributed by atoms with E-state index in [1.54, 1.807) is 19.1 Å². The van der Waals surface area contributed by atoms with E-state index in [0.717, 1.165) is 17.9 Å². The van der Waals surface area contributed by atoms with E-state index in [1.807, 2.05) is 0 Å². The fraction of sp³-hybridized carbons (Fsp3) is 0.143. The van der Waals surface area contributed by atoms with E-state index in [9.17, 15) is 13.2 Å². The lowest BCUT2D eigenvalue weighted by Crippen LogP contribution is -2.04. The third kappa shape index (κ3) is 2.95. The normalized spacial score (nSPS) is 10.9. The average Bonchev–Trinajstić information content (AvgIpc) is 2.72. The van der Waals surface area contributed by atoms with E-state index in [1.165, 1.54) is 12.1 Å². The van der Waals surface area contributed by atoms with Gasteiger partial charge in [-0.25, -0.2) is 0 Å². The monoisotopic (exact) mass is 250 g/mol. The van der Waals surface area contributed by atoms with Crippen molar-refractivity contribution in [3.05, 3.63) is 59.0 Å². The molecule has 0 N–H and O–H groups in total. The fourth-order valence-electron chi connectivity index (χ4n) is 1.38. The minimum Gasteiger partial charge on any atom is -0.453 e. The smallest absolute Gasteiger partial charge is 0.416 e. The van der Waals surface area contributed by atoms with Crippen LogP contribution in [-0.2, 0) is 6.18 Å². The second-order valence-corrected chi connectivity index (χ2v) is 3.74. The van der Waals surface area contributed by atoms with Gasteiger partial charge in [0.05, 0.1) is 5.56 Å². The highest BCUT2D eigenvalue weighted by Gasteiger charge is 2.29. The molecular weight excluding hydrogens is 241 g/mol. The number of benzene rings is 1. The van der Waals surface area contributed by atoms with Gasteiger partial charge in [0.1, 0.15) is 5.76 Å². The van der Waals surface area contributed by atoms with Gasteiger partial charge in [-0.2, -0.15) is 13.2 Å². The average molecular weight is 250 g/mol. The lowest BCUT2D eigenvalue weighted by Gasteiger charge is -2.05. The van der Waals surface area contributed by atoms with Gasteiger partial charge in [0.2, 0.25) is 0 Å². The number of aryl methyl sites for hydroxylation is 1. The summed E-state index contributed by atoms with van der Waals surface area (Å²) in [6, 6.07) is 8.19. The SMILES string of the molecule is Cc1ccc(C#Cc2ccc(C(F)(F)F)cc2)o1. The lowest BCUT2D eigenvalue weighted by atomic mass is 10.1. The Hall–Kier alpha value is -2.15. The van der Waals surface area contributed by atoms with Crippen LogP contribution >= 0.6 is 0 Å². The van der Waals surface area contributed by atoms with Crippen molar-refractivity contribution in [2.75, 3.05) is 0 Å². The molecule has 2 rings (SSSR count). The molecule has 4 heteroatoms. The molecule has 0 radical (unpaired) electrons. The van der Waals surface area contributed by atoms with Crippen molar-refractivity contribution in [3.8, 4) is 11.8 Å². The number of hydrogen-bond donors (Lipinski definition) is 0. The molecule has 18 heavy (non-hydrogen) atoms. The molecule has 0 atom stereocenters. The molecule has 1 aromatic carbocycles. The van der Waals surface area contributed by atoms with Crippen molar-refractivity contribution < 1.29 is 17.6 Å². The van der Waals surface area contributed by atoms with Crippen LogP contribution in [0.2, 0.25) is 0 Å². The minimum atomic E-state index is -4.32. The summed E-state index contributed by atoms with van der Waals surface area (Å²) in [5.74, 6) is 6.72. The minimum absolute atomic E-state index is 0.493. The van der Waals surface area contributed by atoms with Crippen LogP contribution in [0.1, 0.15) is 22.6 Å². The third-order valence-electron chi connectivity index (χ3n) is 2.28. The Morgan fingerprint density at radius 1 is 0.944 bits per heavy atom. The summed E-state index contributed by atoms with van der Waals surface area (Å²) >= 11 is 0. The molecule has 1 aromatic heterocycles. The Balaban J connectivity index is 2.19. The first-order chi connectivity index (χ1) is 8.45. The van der Waals surface area contributed by atoms with Gasteiger partial charge in [0.15, 0.2) is 5.76 Å². The van der Waals surface area contributed by atoms with Crippen LogP contribution in [0.3, 0.4) is 0 Å². The Bertz CT molecular complexity index is 594. The molecule has 2 aromatic rings. The Morgan fingerprint density at radius 2 is 1.61 bits per heavy atom. The summed E-state index contributed by atoms with van der Waals surface area (Å²) in [4.78, 5) is 0. The zero-order chi connectivity index (χ0) is 13.2. The molecule has 0 aliphatic carbocycles. The van der Waals surface area contributed by atoms with E-state index < -0.39 is 11.7 Å². The van der Waals surface area contributed by atoms with Crippen LogP contribution in [0.15, 0.2) is 40.8 Å². The van der Waals surface area contributed by atoms with Crippen molar-refractivity contribution >= 4 is 0 Å². The highest BCUT2D eigenvalue weighted by molar-refractivity contribution is 5.40. The Morgan fingerprint density at radius 3 is 2.11 bits per heavy atom. The van der Waals surface area contributed by atoms with Gasteiger partial charge < -0.3 is 4.42 Å². The number of halogens is 3. The summed E-state index contributed by atoms with van der Waals surface area (Å²) in [6.07, 6.45) is -4.32. The topological polar surface area (TPSA) is 13.1 Å². The predicted octanol–water partition coefficient (Wildman–Crippen LogP) is 4.01. The molecule has 0 fully saturated rings. The molecule has 0 amide bonds. The molecule has 0 saturated carbocycles. The maximum absolute atomic E-state index is 12.3. The van der Waals surface area contributed by atoms with Crippen molar-refractivity contribution in [3.63, 3.8) is 0 Å². The third-order valence-corrected chi connectivity index (χ3v) is 2.28. The van der Waals surface area contributed by atoms with Crippen molar-refractivity contribution in [2.45, 2.75) is 13.1 Å². The van der Waals surface area contributed by atoms with Crippen LogP contribution < -0.4 is 0 Å². The van der Waals surface area contributed by atoms with Gasteiger partial charge in [0, 0.05) is 5.56 Å². The van der Waals surface area contributed by atoms with Gasteiger partial charge in [-0.3, -0.25) is 0 Å². The Labute approximate surface area is 102 Å². The first-order valence-corrected chi connectivity index (χ1v) is 5.21. The summed E-state index contributed by atoms with van der Waals surface area (Å²) in [6.45, 7) is 1.79. The van der Waals surface area contributed by atoms with E-state index in [4.69, 9.17) is 4.42 Å². The Kier molecular flexibility index (Phi) is 3.15. The molecule has 0 bridgehead atoms. The lowest BCUT2D eigenvalue weighted by molar-refractivity contribution is -0.137. The summed E-state index contributed by atoms with van der Waals surface area (Å²) in [5, 5.41) is 0. The standard InChI is InChI=1S/C14H9F3O/c1-10-2-8-13(18-10)9-5-11-3-6-12(7-4-11)14(15,16)17/h2-4,6-8H,1H3. The van der Waals surface area contributed by atoms with Crippen LogP contribution in [0.5, 0.6) is 0 Å². The fourth-order valence-corrected chi connectivity index (χ4v) is 1.38. The van der Waals surface area contributed by atoms with Crippen LogP contribution in [-0.4, -0.2) is 0 Å². The first-order valence-electron chi connectivity index (χ1n) is 5.21. The van der Waals surface area contributed by atoms with Gasteiger partial charge in [-0.1, -0.05) is 5.92 Å². The summed E-state index contributed by atoms with van der Waals surface area (Å²) in [7, 11) is 0. The zero-order valence-electron chi connectivity index (χ0n) is 9.51. The van der Waals surface area contributed by atoms with E-state index in [2.05, 4.69) is 11.8 Å². The maximum atomic E-state index is 12.3. The molecule has 92 valence electrons. The number of rotatable bonds is 0. The molecule has 1 nitrogen and oxygen atoms in total. The predicted molar refractivity (Wildman–Crippen MR) is 60.9 cm³/mol. The van der Waals surface area contributed by atoms with Crippen LogP contribution in [0, 0.1) is 18.8 Å². The first kappa shape index (κ1) is 12.3. The van der Waals surface area contributed by atoms with Crippen LogP contribution in [0.4, 0.5) is 13.2 Å². The summed E-state index contributed by atoms with van der Waals surface area (Å²) in [5.41, 5.74) is -0.168. The quantitative estimate of drug-likeness (QED) is 0.644. The van der Waals surface area contributed by atoms with Crippen LogP contribution in [0.25, 0.3) is 0 Å². The van der Waals surface area contributed by atoms with Crippen molar-refractivity contribution in [1.29, 1.82) is 0 Å². The maximum Gasteiger partial charge on any atom is 0.416 e. The largest absolute Gasteiger partial charge is 0.453 e. The highest BCUT2D eigenvalue weighted by atomic mass is 19.4. The van der Waals surface area contributed by atoms with Gasteiger partial charge >= 0.3 is 6.18 Å². The number of alkyl halides is 3. The second-order valence-electron chi connectivity index (χ2n) is 3.74. The molecule has 0 aliphatic heterocycles. The molecule has 0 aliphatic rings. The summed E-state index contributed by atoms with van der Waals surface area (Å²) < 4.78 is 42.2. The second kappa shape index (κ2) is 4.61. The van der Waals surface area contributed by atoms with Gasteiger partial charge in [-0.15, -0.1) is 0 Å². The highest BCUT2D eigenvalue weighted by Crippen LogP contribution is 2.28. The number of furan rings is 1. The van der Waals surface area contributed by atoms with E-state index >= 15 is 0 Å². The van der Waals surface area contributed by atoms with E-state index in [-0.39, 0.29) is 0 Å². The molecular formula is C14H9F3O. The molecule has 0 saturated heterocycles. The molecule has 1 heterocycles. The zero-order valence-corrected chi connectivity index (χ0v) is 9.51. The molecule has 0 spiro atoms. The molecule has 0 unspecified atom stereocenters. The van der Waals surface area contributed by atoms with Crippen molar-refractivity contribution in [1.82, 2.24) is 0 Å².